The first kappa shape index (κ1) is 14.4. The number of imidazole rings is 1. The van der Waals surface area contributed by atoms with Crippen molar-refractivity contribution in [1.82, 2.24) is 9.55 Å². The van der Waals surface area contributed by atoms with Crippen molar-refractivity contribution < 1.29 is 10.2 Å². The summed E-state index contributed by atoms with van der Waals surface area (Å²) in [6, 6.07) is 5.68. The third kappa shape index (κ3) is 2.76. The summed E-state index contributed by atoms with van der Waals surface area (Å²) >= 11 is 0. The summed E-state index contributed by atoms with van der Waals surface area (Å²) < 4.78 is 2.09. The van der Waals surface area contributed by atoms with E-state index in [1.165, 1.54) is 12.8 Å². The Labute approximate surface area is 124 Å². The third-order valence-corrected chi connectivity index (χ3v) is 4.71. The van der Waals surface area contributed by atoms with Gasteiger partial charge in [0.15, 0.2) is 0 Å². The number of aliphatic hydroxyl groups is 2. The number of benzene rings is 1. The van der Waals surface area contributed by atoms with E-state index in [-0.39, 0.29) is 13.2 Å². The molecule has 1 aliphatic rings. The second-order valence-corrected chi connectivity index (χ2v) is 6.03. The van der Waals surface area contributed by atoms with Crippen molar-refractivity contribution in [2.24, 2.45) is 11.8 Å². The molecule has 0 amide bonds. The Morgan fingerprint density at radius 2 is 1.95 bits per heavy atom. The second kappa shape index (κ2) is 6.03. The highest BCUT2D eigenvalue weighted by Gasteiger charge is 2.26. The number of anilines is 1. The van der Waals surface area contributed by atoms with Crippen LogP contribution in [0.25, 0.3) is 11.0 Å². The molecule has 1 saturated carbocycles. The van der Waals surface area contributed by atoms with Crippen LogP contribution >= 0.6 is 0 Å². The molecule has 1 aromatic carbocycles. The van der Waals surface area contributed by atoms with Gasteiger partial charge in [0.2, 0.25) is 0 Å². The zero-order chi connectivity index (χ0) is 14.8. The van der Waals surface area contributed by atoms with Gasteiger partial charge in [0, 0.05) is 18.8 Å². The Morgan fingerprint density at radius 3 is 2.67 bits per heavy atom. The molecule has 4 N–H and O–H groups in total. The smallest absolute Gasteiger partial charge is 0.135 e. The van der Waals surface area contributed by atoms with Crippen LogP contribution in [0, 0.1) is 11.8 Å². The van der Waals surface area contributed by atoms with Crippen LogP contribution in [0.3, 0.4) is 0 Å². The number of aliphatic hydroxyl groups excluding tert-OH is 2. The van der Waals surface area contributed by atoms with Gasteiger partial charge in [0.1, 0.15) is 12.4 Å². The number of nitrogens with two attached hydrogens (primary N) is 1. The summed E-state index contributed by atoms with van der Waals surface area (Å²) in [5.41, 5.74) is 8.33. The number of hydrogen-bond donors (Lipinski definition) is 3. The number of aromatic nitrogens is 2. The lowest BCUT2D eigenvalue weighted by Crippen LogP contribution is -2.27. The molecule has 1 aliphatic carbocycles. The van der Waals surface area contributed by atoms with Gasteiger partial charge in [-0.2, -0.15) is 0 Å². The highest BCUT2D eigenvalue weighted by Crippen LogP contribution is 2.32. The van der Waals surface area contributed by atoms with E-state index in [0.717, 1.165) is 30.4 Å². The molecule has 2 unspecified atom stereocenters. The number of nitrogens with zero attached hydrogens (tertiary/aromatic N) is 2. The van der Waals surface area contributed by atoms with Crippen molar-refractivity contribution in [1.29, 1.82) is 0 Å². The minimum Gasteiger partial charge on any atom is -0.399 e. The molecule has 21 heavy (non-hydrogen) atoms. The first-order chi connectivity index (χ1) is 10.2. The summed E-state index contributed by atoms with van der Waals surface area (Å²) in [4.78, 5) is 4.48. The van der Waals surface area contributed by atoms with Gasteiger partial charge in [-0.15, -0.1) is 0 Å². The third-order valence-electron chi connectivity index (χ3n) is 4.71. The lowest BCUT2D eigenvalue weighted by molar-refractivity contribution is 0.122. The van der Waals surface area contributed by atoms with Gasteiger partial charge < -0.3 is 20.5 Å². The highest BCUT2D eigenvalue weighted by atomic mass is 16.3. The average molecular weight is 289 g/mol. The summed E-state index contributed by atoms with van der Waals surface area (Å²) in [7, 11) is 0. The molecule has 5 nitrogen and oxygen atoms in total. The number of nitrogen functional groups attached to an aromatic ring is 1. The summed E-state index contributed by atoms with van der Waals surface area (Å²) in [5.74, 6) is 1.48. The van der Waals surface area contributed by atoms with E-state index < -0.39 is 0 Å². The van der Waals surface area contributed by atoms with Gasteiger partial charge in [0.25, 0.3) is 0 Å². The van der Waals surface area contributed by atoms with Crippen molar-refractivity contribution in [2.45, 2.75) is 38.8 Å². The maximum absolute atomic E-state index is 9.58. The van der Waals surface area contributed by atoms with E-state index in [9.17, 15) is 10.2 Å². The summed E-state index contributed by atoms with van der Waals surface area (Å²) in [6.07, 6.45) is 4.64. The van der Waals surface area contributed by atoms with Crippen LogP contribution in [0.5, 0.6) is 0 Å². The fraction of sp³-hybridized carbons (Fsp3) is 0.562. The minimum absolute atomic E-state index is 0.0783. The first-order valence-corrected chi connectivity index (χ1v) is 7.69. The predicted molar refractivity (Wildman–Crippen MR) is 82.6 cm³/mol. The van der Waals surface area contributed by atoms with E-state index in [4.69, 9.17) is 5.73 Å². The van der Waals surface area contributed by atoms with E-state index in [1.807, 2.05) is 18.2 Å². The molecular formula is C16H23N3O2. The molecule has 0 bridgehead atoms. The molecular weight excluding hydrogens is 266 g/mol. The predicted octanol–water partition coefficient (Wildman–Crippen LogP) is 1.91. The van der Waals surface area contributed by atoms with Crippen LogP contribution < -0.4 is 5.73 Å². The largest absolute Gasteiger partial charge is 0.399 e. The molecule has 1 aromatic heterocycles. The Kier molecular flexibility index (Phi) is 4.12. The number of fused-ring (bicyclic) bond motifs is 1. The zero-order valence-electron chi connectivity index (χ0n) is 12.2. The number of rotatable bonds is 4. The Hall–Kier alpha value is -1.59. The van der Waals surface area contributed by atoms with Gasteiger partial charge >= 0.3 is 0 Å². The van der Waals surface area contributed by atoms with Gasteiger partial charge in [-0.1, -0.05) is 12.8 Å². The van der Waals surface area contributed by atoms with Crippen LogP contribution in [0.15, 0.2) is 18.2 Å². The number of hydrogen-bond acceptors (Lipinski definition) is 4. The molecule has 0 radical (unpaired) electrons. The van der Waals surface area contributed by atoms with Crippen molar-refractivity contribution in [2.75, 3.05) is 12.3 Å². The molecule has 3 rings (SSSR count). The Morgan fingerprint density at radius 1 is 1.19 bits per heavy atom. The molecule has 0 spiro atoms. The SMILES string of the molecule is Nc1ccc2c(c1)nc(CO)n2CC1CCCCC1CO. The second-order valence-electron chi connectivity index (χ2n) is 6.03. The molecule has 1 fully saturated rings. The standard InChI is InChI=1S/C16H23N3O2/c17-13-5-6-15-14(7-13)18-16(10-21)19(15)8-11-3-1-2-4-12(11)9-20/h5-7,11-12,20-21H,1-4,8-10,17H2. The quantitative estimate of drug-likeness (QED) is 0.751. The van der Waals surface area contributed by atoms with Crippen molar-refractivity contribution >= 4 is 16.7 Å². The minimum atomic E-state index is -0.0783. The summed E-state index contributed by atoms with van der Waals surface area (Å²) in [5, 5.41) is 19.2. The van der Waals surface area contributed by atoms with Crippen LogP contribution in [0.1, 0.15) is 31.5 Å². The van der Waals surface area contributed by atoms with Crippen LogP contribution in [-0.2, 0) is 13.2 Å². The van der Waals surface area contributed by atoms with Crippen molar-refractivity contribution in [3.63, 3.8) is 0 Å². The van der Waals surface area contributed by atoms with Gasteiger partial charge in [0.05, 0.1) is 11.0 Å². The van der Waals surface area contributed by atoms with Crippen LogP contribution in [-0.4, -0.2) is 26.4 Å². The highest BCUT2D eigenvalue weighted by molar-refractivity contribution is 5.79. The fourth-order valence-corrected chi connectivity index (χ4v) is 3.52. The van der Waals surface area contributed by atoms with E-state index in [0.29, 0.717) is 23.3 Å². The molecule has 2 aromatic rings. The summed E-state index contributed by atoms with van der Waals surface area (Å²) in [6.45, 7) is 0.978. The Bertz CT molecular complexity index is 623. The van der Waals surface area contributed by atoms with E-state index in [2.05, 4.69) is 9.55 Å². The van der Waals surface area contributed by atoms with Crippen molar-refractivity contribution in [3.8, 4) is 0 Å². The van der Waals surface area contributed by atoms with Gasteiger partial charge in [-0.25, -0.2) is 4.98 Å². The van der Waals surface area contributed by atoms with Crippen LogP contribution in [0.4, 0.5) is 5.69 Å². The topological polar surface area (TPSA) is 84.3 Å². The normalized spacial score (nSPS) is 22.8. The monoisotopic (exact) mass is 289 g/mol. The molecule has 2 atom stereocenters. The maximum Gasteiger partial charge on any atom is 0.135 e. The van der Waals surface area contributed by atoms with Crippen LogP contribution in [0.2, 0.25) is 0 Å². The lowest BCUT2D eigenvalue weighted by atomic mass is 9.79. The zero-order valence-corrected chi connectivity index (χ0v) is 12.2. The van der Waals surface area contributed by atoms with E-state index in [1.54, 1.807) is 0 Å². The lowest BCUT2D eigenvalue weighted by Gasteiger charge is -2.31. The maximum atomic E-state index is 9.58. The molecule has 1 heterocycles. The van der Waals surface area contributed by atoms with Gasteiger partial charge in [-0.05, 0) is 42.9 Å². The van der Waals surface area contributed by atoms with E-state index >= 15 is 0 Å². The molecule has 5 heteroatoms. The first-order valence-electron chi connectivity index (χ1n) is 7.69. The molecule has 0 saturated heterocycles. The fourth-order valence-electron chi connectivity index (χ4n) is 3.52. The molecule has 0 aliphatic heterocycles. The Balaban J connectivity index is 1.95. The average Bonchev–Trinajstić information content (AvgIpc) is 2.84. The van der Waals surface area contributed by atoms with Crippen molar-refractivity contribution in [3.05, 3.63) is 24.0 Å². The molecule has 114 valence electrons. The van der Waals surface area contributed by atoms with Gasteiger partial charge in [-0.3, -0.25) is 0 Å².